The zero-order valence-electron chi connectivity index (χ0n) is 6.81. The third-order valence-electron chi connectivity index (χ3n) is 1.46. The summed E-state index contributed by atoms with van der Waals surface area (Å²) in [5, 5.41) is 17.2. The van der Waals surface area contributed by atoms with Crippen molar-refractivity contribution < 1.29 is 19.8 Å². The number of carbonyl (C=O) groups is 2. The minimum absolute atomic E-state index is 0.285. The molecule has 5 heteroatoms. The predicted molar refractivity (Wildman–Crippen MR) is 42.9 cm³/mol. The highest BCUT2D eigenvalue weighted by atomic mass is 16.4. The van der Waals surface area contributed by atoms with Crippen LogP contribution in [0, 0.1) is 6.92 Å². The summed E-state index contributed by atoms with van der Waals surface area (Å²) < 4.78 is 0. The van der Waals surface area contributed by atoms with Gasteiger partial charge in [-0.1, -0.05) is 0 Å². The van der Waals surface area contributed by atoms with Gasteiger partial charge in [-0.2, -0.15) is 0 Å². The van der Waals surface area contributed by atoms with Crippen molar-refractivity contribution in [3.63, 3.8) is 0 Å². The number of pyridine rings is 1. The number of aryl methyl sites for hydroxylation is 1. The van der Waals surface area contributed by atoms with E-state index in [1.54, 1.807) is 6.92 Å². The van der Waals surface area contributed by atoms with Crippen LogP contribution in [0.5, 0.6) is 0 Å². The summed E-state index contributed by atoms with van der Waals surface area (Å²) in [5.41, 5.74) is -0.104. The normalized spacial score (nSPS) is 9.62. The summed E-state index contributed by atoms with van der Waals surface area (Å²) in [4.78, 5) is 24.6. The van der Waals surface area contributed by atoms with Crippen molar-refractivity contribution in [3.8, 4) is 0 Å². The monoisotopic (exact) mass is 181 g/mol. The summed E-state index contributed by atoms with van der Waals surface area (Å²) >= 11 is 0. The lowest BCUT2D eigenvalue weighted by Gasteiger charge is -2.00. The van der Waals surface area contributed by atoms with E-state index >= 15 is 0 Å². The number of nitrogens with zero attached hydrogens (tertiary/aromatic N) is 1. The fraction of sp³-hybridized carbons (Fsp3) is 0.125. The van der Waals surface area contributed by atoms with Gasteiger partial charge in [-0.3, -0.25) is 0 Å². The van der Waals surface area contributed by atoms with Gasteiger partial charge in [-0.15, -0.1) is 0 Å². The molecule has 13 heavy (non-hydrogen) atoms. The van der Waals surface area contributed by atoms with Crippen LogP contribution in [0.4, 0.5) is 0 Å². The largest absolute Gasteiger partial charge is 0.478 e. The summed E-state index contributed by atoms with van der Waals surface area (Å²) in [5.74, 6) is -2.62. The van der Waals surface area contributed by atoms with Gasteiger partial charge in [0, 0.05) is 6.20 Å². The van der Waals surface area contributed by atoms with Crippen molar-refractivity contribution >= 4 is 11.9 Å². The summed E-state index contributed by atoms with van der Waals surface area (Å²) in [7, 11) is 0. The lowest BCUT2D eigenvalue weighted by molar-refractivity contribution is 0.0646. The van der Waals surface area contributed by atoms with E-state index in [4.69, 9.17) is 10.2 Å². The second kappa shape index (κ2) is 3.22. The van der Waals surface area contributed by atoms with Crippen LogP contribution in [0.2, 0.25) is 0 Å². The molecule has 0 amide bonds. The van der Waals surface area contributed by atoms with E-state index in [1.807, 2.05) is 0 Å². The van der Waals surface area contributed by atoms with Crippen LogP contribution in [0.25, 0.3) is 0 Å². The molecule has 1 aromatic heterocycles. The first-order valence-corrected chi connectivity index (χ1v) is 3.45. The second-order valence-electron chi connectivity index (χ2n) is 2.52. The molecule has 0 aliphatic rings. The molecular formula is C8H7NO4. The zero-order valence-corrected chi connectivity index (χ0v) is 6.81. The van der Waals surface area contributed by atoms with Gasteiger partial charge in [0.1, 0.15) is 0 Å². The fourth-order valence-corrected chi connectivity index (χ4v) is 0.903. The summed E-state index contributed by atoms with van der Waals surface area (Å²) in [6, 6.07) is 1.28. The van der Waals surface area contributed by atoms with E-state index in [0.29, 0.717) is 5.56 Å². The third kappa shape index (κ3) is 1.81. The molecule has 5 nitrogen and oxygen atoms in total. The molecule has 0 aliphatic heterocycles. The van der Waals surface area contributed by atoms with Gasteiger partial charge in [0.25, 0.3) is 0 Å². The van der Waals surface area contributed by atoms with E-state index in [0.717, 1.165) is 0 Å². The maximum Gasteiger partial charge on any atom is 0.355 e. The van der Waals surface area contributed by atoms with E-state index < -0.39 is 17.6 Å². The molecule has 0 unspecified atom stereocenters. The predicted octanol–water partition coefficient (Wildman–Crippen LogP) is 0.786. The van der Waals surface area contributed by atoms with Crippen molar-refractivity contribution in [1.82, 2.24) is 4.98 Å². The van der Waals surface area contributed by atoms with Gasteiger partial charge < -0.3 is 10.2 Å². The number of hydrogen-bond acceptors (Lipinski definition) is 3. The quantitative estimate of drug-likeness (QED) is 0.704. The van der Waals surface area contributed by atoms with Crippen LogP contribution in [-0.2, 0) is 0 Å². The molecule has 0 saturated carbocycles. The molecule has 68 valence electrons. The molecule has 0 saturated heterocycles. The van der Waals surface area contributed by atoms with Gasteiger partial charge in [-0.05, 0) is 18.6 Å². The highest BCUT2D eigenvalue weighted by Gasteiger charge is 2.16. The Morgan fingerprint density at radius 3 is 2.38 bits per heavy atom. The molecule has 0 aromatic carbocycles. The van der Waals surface area contributed by atoms with Crippen molar-refractivity contribution in [2.45, 2.75) is 6.92 Å². The molecule has 0 aliphatic carbocycles. The molecule has 0 radical (unpaired) electrons. The first kappa shape index (κ1) is 9.18. The third-order valence-corrected chi connectivity index (χ3v) is 1.46. The van der Waals surface area contributed by atoms with Crippen molar-refractivity contribution in [3.05, 3.63) is 29.1 Å². The van der Waals surface area contributed by atoms with E-state index in [2.05, 4.69) is 4.98 Å². The standard InChI is InChI=1S/C8H7NO4/c1-4-2-5(7(10)11)6(8(12)13)9-3-4/h2-3H,1H3,(H,10,11)(H,12,13). The van der Waals surface area contributed by atoms with Crippen molar-refractivity contribution in [1.29, 1.82) is 0 Å². The van der Waals surface area contributed by atoms with Crippen molar-refractivity contribution in [2.24, 2.45) is 0 Å². The SMILES string of the molecule is Cc1cnc(C(=O)O)c(C(=O)O)c1. The average molecular weight is 181 g/mol. The van der Waals surface area contributed by atoms with E-state index in [9.17, 15) is 9.59 Å². The Kier molecular flexibility index (Phi) is 2.27. The van der Waals surface area contributed by atoms with Gasteiger partial charge in [0.15, 0.2) is 5.69 Å². The van der Waals surface area contributed by atoms with Crippen molar-refractivity contribution in [2.75, 3.05) is 0 Å². The Balaban J connectivity index is 3.35. The molecule has 2 N–H and O–H groups in total. The Morgan fingerprint density at radius 1 is 1.31 bits per heavy atom. The van der Waals surface area contributed by atoms with Gasteiger partial charge in [0.2, 0.25) is 0 Å². The van der Waals surface area contributed by atoms with Crippen LogP contribution in [-0.4, -0.2) is 27.1 Å². The zero-order chi connectivity index (χ0) is 10.0. The molecule has 1 aromatic rings. The number of hydrogen-bond donors (Lipinski definition) is 2. The second-order valence-corrected chi connectivity index (χ2v) is 2.52. The van der Waals surface area contributed by atoms with Gasteiger partial charge in [-0.25, -0.2) is 14.6 Å². The number of rotatable bonds is 2. The molecule has 0 fully saturated rings. The fourth-order valence-electron chi connectivity index (χ4n) is 0.903. The first-order chi connectivity index (χ1) is 6.02. The molecular weight excluding hydrogens is 174 g/mol. The smallest absolute Gasteiger partial charge is 0.355 e. The average Bonchev–Trinajstić information content (AvgIpc) is 2.03. The molecule has 1 rings (SSSR count). The molecule has 0 atom stereocenters. The molecule has 1 heterocycles. The van der Waals surface area contributed by atoms with Crippen LogP contribution >= 0.6 is 0 Å². The lowest BCUT2D eigenvalue weighted by Crippen LogP contribution is -2.10. The minimum atomic E-state index is -1.34. The van der Waals surface area contributed by atoms with Crippen LogP contribution in [0.15, 0.2) is 12.3 Å². The van der Waals surface area contributed by atoms with E-state index in [-0.39, 0.29) is 5.56 Å². The Labute approximate surface area is 73.7 Å². The highest BCUT2D eigenvalue weighted by molar-refractivity contribution is 6.00. The van der Waals surface area contributed by atoms with E-state index in [1.165, 1.54) is 12.3 Å². The summed E-state index contributed by atoms with van der Waals surface area (Å²) in [6.45, 7) is 1.64. The highest BCUT2D eigenvalue weighted by Crippen LogP contribution is 2.08. The maximum atomic E-state index is 10.6. The first-order valence-electron chi connectivity index (χ1n) is 3.45. The topological polar surface area (TPSA) is 87.5 Å². The number of carboxylic acid groups (broad SMARTS) is 2. The molecule has 0 bridgehead atoms. The number of aromatic carboxylic acids is 2. The van der Waals surface area contributed by atoms with Crippen LogP contribution in [0.1, 0.15) is 26.4 Å². The van der Waals surface area contributed by atoms with Gasteiger partial charge >= 0.3 is 11.9 Å². The Bertz CT molecular complexity index is 372. The minimum Gasteiger partial charge on any atom is -0.478 e. The number of carboxylic acids is 2. The number of aromatic nitrogens is 1. The Hall–Kier alpha value is -1.91. The molecule has 0 spiro atoms. The lowest BCUT2D eigenvalue weighted by atomic mass is 10.1. The van der Waals surface area contributed by atoms with Crippen LogP contribution in [0.3, 0.4) is 0 Å². The maximum absolute atomic E-state index is 10.6. The van der Waals surface area contributed by atoms with Gasteiger partial charge in [0.05, 0.1) is 5.56 Å². The van der Waals surface area contributed by atoms with Crippen LogP contribution < -0.4 is 0 Å². The Morgan fingerprint density at radius 2 is 1.92 bits per heavy atom. The summed E-state index contributed by atoms with van der Waals surface area (Å²) in [6.07, 6.45) is 1.32.